The maximum atomic E-state index is 2.71. The molecule has 6 heterocycles. The zero-order valence-corrected chi connectivity index (χ0v) is 43.2. The van der Waals surface area contributed by atoms with Crippen molar-refractivity contribution in [2.75, 3.05) is 9.80 Å². The Bertz CT molecular complexity index is 4490. The van der Waals surface area contributed by atoms with Crippen LogP contribution in [0.5, 0.6) is 0 Å². The summed E-state index contributed by atoms with van der Waals surface area (Å²) in [7, 11) is 0. The average Bonchev–Trinajstić information content (AvgIpc) is 3.99. The molecule has 0 fully saturated rings. The minimum absolute atomic E-state index is 0.00809. The van der Waals surface area contributed by atoms with Crippen molar-refractivity contribution in [1.82, 2.24) is 4.57 Å². The van der Waals surface area contributed by atoms with Gasteiger partial charge in [0.2, 0.25) is 6.71 Å². The Morgan fingerprint density at radius 3 is 1.62 bits per heavy atom. The monoisotopic (exact) mass is 981 g/mol. The summed E-state index contributed by atoms with van der Waals surface area (Å²) >= 11 is 1.94. The fraction of sp³-hybridized carbons (Fsp3) is 0.0435. The van der Waals surface area contributed by atoms with Crippen molar-refractivity contribution in [3.05, 3.63) is 241 Å². The quantitative estimate of drug-likeness (QED) is 0.163. The van der Waals surface area contributed by atoms with Crippen LogP contribution in [0.3, 0.4) is 0 Å². The fourth-order valence-corrected chi connectivity index (χ4v) is 15.8. The van der Waals surface area contributed by atoms with Gasteiger partial charge in [0, 0.05) is 65.9 Å². The van der Waals surface area contributed by atoms with Crippen molar-refractivity contribution in [2.24, 2.45) is 0 Å². The molecule has 76 heavy (non-hydrogen) atoms. The predicted octanol–water partition coefficient (Wildman–Crippen LogP) is 11.2. The molecule has 352 valence electrons. The van der Waals surface area contributed by atoms with E-state index >= 15 is 0 Å². The number of aryl methyl sites for hydroxylation is 3. The maximum absolute atomic E-state index is 2.71. The zero-order valence-electron chi connectivity index (χ0n) is 42.3. The van der Waals surface area contributed by atoms with Gasteiger partial charge in [-0.25, -0.2) is 0 Å². The molecule has 7 heteroatoms. The second-order valence-electron chi connectivity index (χ2n) is 21.7. The van der Waals surface area contributed by atoms with Crippen LogP contribution in [-0.2, 0) is 0 Å². The van der Waals surface area contributed by atoms with Gasteiger partial charge in [0.25, 0.3) is 13.4 Å². The van der Waals surface area contributed by atoms with E-state index in [0.29, 0.717) is 0 Å². The number of fused-ring (bicyclic) bond motifs is 15. The first-order chi connectivity index (χ1) is 37.5. The Balaban J connectivity index is 1.04. The Morgan fingerprint density at radius 1 is 0.342 bits per heavy atom. The van der Waals surface area contributed by atoms with E-state index in [0.717, 1.165) is 5.69 Å². The number of nitrogens with zero attached hydrogens (tertiary/aromatic N) is 3. The van der Waals surface area contributed by atoms with Gasteiger partial charge in [-0.1, -0.05) is 221 Å². The number of anilines is 6. The van der Waals surface area contributed by atoms with Gasteiger partial charge in [-0.2, -0.15) is 0 Å². The van der Waals surface area contributed by atoms with Crippen molar-refractivity contribution in [2.45, 2.75) is 30.6 Å². The molecule has 5 aliphatic heterocycles. The molecule has 0 spiro atoms. The highest BCUT2D eigenvalue weighted by atomic mass is 32.2. The smallest absolute Gasteiger partial charge is 0.252 e. The van der Waals surface area contributed by atoms with Crippen LogP contribution in [0.25, 0.3) is 49.7 Å². The summed E-state index contributed by atoms with van der Waals surface area (Å²) in [5.74, 6) is 0. The molecule has 17 rings (SSSR count). The third kappa shape index (κ3) is 5.73. The molecule has 3 nitrogen and oxygen atoms in total. The number of para-hydroxylation sites is 3. The number of aromatic nitrogens is 1. The second-order valence-corrected chi connectivity index (χ2v) is 22.8. The normalized spacial score (nSPS) is 13.8. The first-order valence-corrected chi connectivity index (χ1v) is 27.6. The molecule has 0 aliphatic carbocycles. The molecule has 0 saturated carbocycles. The topological polar surface area (TPSA) is 11.4 Å². The predicted molar refractivity (Wildman–Crippen MR) is 326 cm³/mol. The first kappa shape index (κ1) is 42.7. The van der Waals surface area contributed by atoms with Crippen LogP contribution in [-0.4, -0.2) is 24.7 Å². The van der Waals surface area contributed by atoms with E-state index in [9.17, 15) is 0 Å². The summed E-state index contributed by atoms with van der Waals surface area (Å²) in [4.78, 5) is 7.99. The summed E-state index contributed by atoms with van der Waals surface area (Å²) in [5, 5.41) is 2.58. The molecule has 11 aromatic carbocycles. The summed E-state index contributed by atoms with van der Waals surface area (Å²) in [6.07, 6.45) is 0. The Hall–Kier alpha value is -8.64. The molecule has 0 bridgehead atoms. The third-order valence-corrected chi connectivity index (χ3v) is 18.7. The highest BCUT2D eigenvalue weighted by molar-refractivity contribution is 8.00. The molecule has 0 amide bonds. The molecule has 0 saturated heterocycles. The van der Waals surface area contributed by atoms with Crippen molar-refractivity contribution in [3.63, 3.8) is 0 Å². The van der Waals surface area contributed by atoms with Crippen LogP contribution in [0.4, 0.5) is 34.1 Å². The summed E-state index contributed by atoms with van der Waals surface area (Å²) in [6, 6.07) is 85.8. The van der Waals surface area contributed by atoms with Gasteiger partial charge >= 0.3 is 0 Å². The first-order valence-electron chi connectivity index (χ1n) is 26.8. The Kier molecular flexibility index (Phi) is 8.82. The molecule has 5 aliphatic rings. The number of hydrogen-bond donors (Lipinski definition) is 0. The SMILES string of the molecule is Cc1cc(C)c(B2c3ccccc3Sc3cc4c(cc32)B2c3ccc(-c5ccccc5)cc3N3c5cc(-c6ccccc6)ccc5B5c6c(cc(c2c63)N4c2ccccc2)-n2c3ccccc3c3cccc5c32)c(C)c1. The van der Waals surface area contributed by atoms with Crippen molar-refractivity contribution in [1.29, 1.82) is 0 Å². The van der Waals surface area contributed by atoms with E-state index in [1.165, 1.54) is 154 Å². The molecule has 0 N–H and O–H groups in total. The minimum Gasteiger partial charge on any atom is -0.312 e. The highest BCUT2D eigenvalue weighted by Gasteiger charge is 2.52. The molecule has 0 unspecified atom stereocenters. The Labute approximate surface area is 448 Å². The minimum atomic E-state index is -0.0761. The number of benzene rings is 11. The van der Waals surface area contributed by atoms with Crippen LogP contribution < -0.4 is 59.0 Å². The summed E-state index contributed by atoms with van der Waals surface area (Å²) < 4.78 is 2.63. The van der Waals surface area contributed by atoms with Gasteiger partial charge in [0.15, 0.2) is 0 Å². The van der Waals surface area contributed by atoms with E-state index in [4.69, 9.17) is 0 Å². The molecule has 0 atom stereocenters. The molecule has 0 radical (unpaired) electrons. The van der Waals surface area contributed by atoms with Crippen molar-refractivity contribution in [3.8, 4) is 27.9 Å². The second kappa shape index (κ2) is 15.7. The van der Waals surface area contributed by atoms with E-state index in [1.54, 1.807) is 0 Å². The maximum Gasteiger partial charge on any atom is 0.252 e. The standard InChI is InChI=1S/C69H46B3N3S/c1-41-34-42(2)65(43(3)35-41)72-53-26-14-16-29-63(53)76-64-40-60-55(38-56(64)72)71-52-33-31-47(45-20-9-5-10-21-45)37-59(52)75-58-36-46(44-18-7-4-8-19-44)30-32-51(58)70-54-27-17-25-50-49-24-13-15-28-57(49)74(68(50)54)62-39-61(66(71)69(75)67(62)70)73(60)48-22-11-6-12-23-48/h4-40H,1-3H3. The molecule has 12 aromatic rings. The van der Waals surface area contributed by atoms with Gasteiger partial charge in [0.1, 0.15) is 0 Å². The third-order valence-electron chi connectivity index (χ3n) is 17.5. The van der Waals surface area contributed by atoms with Crippen LogP contribution in [0, 0.1) is 20.8 Å². The van der Waals surface area contributed by atoms with Crippen LogP contribution in [0.15, 0.2) is 234 Å². The Morgan fingerprint density at radius 2 is 0.908 bits per heavy atom. The van der Waals surface area contributed by atoms with Gasteiger partial charge < -0.3 is 14.4 Å². The van der Waals surface area contributed by atoms with Crippen LogP contribution in [0.1, 0.15) is 16.7 Å². The zero-order chi connectivity index (χ0) is 50.1. The summed E-state index contributed by atoms with van der Waals surface area (Å²) in [6.45, 7) is 6.87. The summed E-state index contributed by atoms with van der Waals surface area (Å²) in [5.41, 5.74) is 32.4. The highest BCUT2D eigenvalue weighted by Crippen LogP contribution is 2.49. The molecule has 1 aromatic heterocycles. The number of rotatable bonds is 4. The largest absolute Gasteiger partial charge is 0.312 e. The van der Waals surface area contributed by atoms with E-state index in [1.807, 2.05) is 11.8 Å². The van der Waals surface area contributed by atoms with Crippen LogP contribution >= 0.6 is 11.8 Å². The van der Waals surface area contributed by atoms with E-state index in [2.05, 4.69) is 260 Å². The lowest BCUT2D eigenvalue weighted by molar-refractivity contribution is 1.17. The van der Waals surface area contributed by atoms with Gasteiger partial charge in [-0.3, -0.25) is 0 Å². The van der Waals surface area contributed by atoms with Gasteiger partial charge in [-0.15, -0.1) is 0 Å². The van der Waals surface area contributed by atoms with Gasteiger partial charge in [0.05, 0.1) is 5.52 Å². The lowest BCUT2D eigenvalue weighted by Crippen LogP contribution is -2.69. The fourth-order valence-electron chi connectivity index (χ4n) is 14.7. The van der Waals surface area contributed by atoms with Crippen molar-refractivity contribution < 1.29 is 0 Å². The van der Waals surface area contributed by atoms with E-state index in [-0.39, 0.29) is 20.1 Å². The molecular weight excluding hydrogens is 935 g/mol. The lowest BCUT2D eigenvalue weighted by atomic mass is 9.28. The van der Waals surface area contributed by atoms with Crippen molar-refractivity contribution >= 4 is 137 Å². The van der Waals surface area contributed by atoms with E-state index < -0.39 is 0 Å². The van der Waals surface area contributed by atoms with Gasteiger partial charge in [-0.05, 0) is 124 Å². The lowest BCUT2D eigenvalue weighted by Gasteiger charge is -2.50. The molecular formula is C69H46B3N3S. The van der Waals surface area contributed by atoms with Crippen LogP contribution in [0.2, 0.25) is 0 Å². The average molecular weight is 982 g/mol. The number of hydrogen-bond acceptors (Lipinski definition) is 3.